The van der Waals surface area contributed by atoms with Gasteiger partial charge in [-0.15, -0.1) is 0 Å². The third-order valence-electron chi connectivity index (χ3n) is 3.84. The summed E-state index contributed by atoms with van der Waals surface area (Å²) in [4.78, 5) is 12.1. The van der Waals surface area contributed by atoms with Crippen molar-refractivity contribution in [1.82, 2.24) is 4.57 Å². The number of hydrogen-bond donors (Lipinski definition) is 0. The van der Waals surface area contributed by atoms with Gasteiger partial charge in [-0.05, 0) is 28.5 Å². The molecule has 4 heteroatoms. The standard InChI is InChI=1S/C18H12ClNO2/c19-14-8-9-16-17(10-14)22-18(21)20(16)11-13-6-3-5-12-4-1-2-7-15(12)13/h1-10H,11H2. The van der Waals surface area contributed by atoms with Gasteiger partial charge in [0, 0.05) is 11.1 Å². The van der Waals surface area contributed by atoms with Crippen LogP contribution in [0, 0.1) is 0 Å². The van der Waals surface area contributed by atoms with Crippen LogP contribution in [0.15, 0.2) is 69.9 Å². The van der Waals surface area contributed by atoms with E-state index < -0.39 is 0 Å². The van der Waals surface area contributed by atoms with Gasteiger partial charge in [-0.2, -0.15) is 0 Å². The summed E-state index contributed by atoms with van der Waals surface area (Å²) in [6.07, 6.45) is 0. The Morgan fingerprint density at radius 3 is 2.73 bits per heavy atom. The molecule has 4 aromatic rings. The summed E-state index contributed by atoms with van der Waals surface area (Å²) in [6, 6.07) is 19.5. The largest absolute Gasteiger partial charge is 0.420 e. The molecule has 0 radical (unpaired) electrons. The van der Waals surface area contributed by atoms with Crippen LogP contribution in [0.25, 0.3) is 21.9 Å². The molecular weight excluding hydrogens is 298 g/mol. The number of halogens is 1. The van der Waals surface area contributed by atoms with E-state index in [1.807, 2.05) is 30.3 Å². The number of nitrogens with zero attached hydrogens (tertiary/aromatic N) is 1. The van der Waals surface area contributed by atoms with Crippen LogP contribution in [0.5, 0.6) is 0 Å². The molecule has 1 heterocycles. The lowest BCUT2D eigenvalue weighted by atomic mass is 10.0. The number of benzene rings is 3. The van der Waals surface area contributed by atoms with Crippen molar-refractivity contribution < 1.29 is 4.42 Å². The molecule has 3 nitrogen and oxygen atoms in total. The molecule has 0 saturated carbocycles. The van der Waals surface area contributed by atoms with Gasteiger partial charge in [0.25, 0.3) is 0 Å². The summed E-state index contributed by atoms with van der Waals surface area (Å²) in [7, 11) is 0. The highest BCUT2D eigenvalue weighted by atomic mass is 35.5. The third kappa shape index (κ3) is 2.11. The van der Waals surface area contributed by atoms with Gasteiger partial charge in [0.15, 0.2) is 5.58 Å². The average Bonchev–Trinajstić information content (AvgIpc) is 2.83. The summed E-state index contributed by atoms with van der Waals surface area (Å²) in [5.74, 6) is -0.370. The zero-order valence-corrected chi connectivity index (χ0v) is 12.4. The molecule has 0 N–H and O–H groups in total. The molecule has 0 bridgehead atoms. The molecule has 108 valence electrons. The summed E-state index contributed by atoms with van der Waals surface area (Å²) in [6.45, 7) is 0.467. The lowest BCUT2D eigenvalue weighted by Gasteiger charge is -2.07. The first-order valence-electron chi connectivity index (χ1n) is 6.98. The van der Waals surface area contributed by atoms with Crippen molar-refractivity contribution in [2.24, 2.45) is 0 Å². The maximum Gasteiger partial charge on any atom is 0.420 e. The second kappa shape index (κ2) is 5.04. The van der Waals surface area contributed by atoms with Gasteiger partial charge in [-0.1, -0.05) is 54.1 Å². The fourth-order valence-corrected chi connectivity index (χ4v) is 2.95. The molecule has 0 saturated heterocycles. The molecule has 0 amide bonds. The zero-order valence-electron chi connectivity index (χ0n) is 11.6. The van der Waals surface area contributed by atoms with Crippen LogP contribution in [0.4, 0.5) is 0 Å². The van der Waals surface area contributed by atoms with Crippen molar-refractivity contribution in [3.63, 3.8) is 0 Å². The van der Waals surface area contributed by atoms with Crippen molar-refractivity contribution in [3.8, 4) is 0 Å². The molecule has 3 aromatic carbocycles. The van der Waals surface area contributed by atoms with Crippen molar-refractivity contribution >= 4 is 33.5 Å². The molecule has 0 fully saturated rings. The van der Waals surface area contributed by atoms with E-state index in [9.17, 15) is 4.79 Å². The number of rotatable bonds is 2. The van der Waals surface area contributed by atoms with E-state index >= 15 is 0 Å². The molecule has 4 rings (SSSR count). The molecule has 0 spiro atoms. The molecule has 0 unspecified atom stereocenters. The topological polar surface area (TPSA) is 35.1 Å². The Kier molecular flexibility index (Phi) is 3.01. The van der Waals surface area contributed by atoms with Gasteiger partial charge in [-0.25, -0.2) is 4.79 Å². The van der Waals surface area contributed by atoms with Crippen LogP contribution in [0.1, 0.15) is 5.56 Å². The molecule has 0 aliphatic heterocycles. The van der Waals surface area contributed by atoms with Crippen LogP contribution in [-0.2, 0) is 6.54 Å². The minimum absolute atomic E-state index is 0.370. The second-order valence-electron chi connectivity index (χ2n) is 5.20. The van der Waals surface area contributed by atoms with E-state index in [1.54, 1.807) is 16.7 Å². The Morgan fingerprint density at radius 1 is 1.00 bits per heavy atom. The van der Waals surface area contributed by atoms with E-state index in [4.69, 9.17) is 16.0 Å². The van der Waals surface area contributed by atoms with Crippen molar-refractivity contribution in [2.45, 2.75) is 6.54 Å². The molecular formula is C18H12ClNO2. The summed E-state index contributed by atoms with van der Waals surface area (Å²) in [5, 5.41) is 2.85. The number of oxazole rings is 1. The predicted molar refractivity (Wildman–Crippen MR) is 88.5 cm³/mol. The highest BCUT2D eigenvalue weighted by Crippen LogP contribution is 2.22. The van der Waals surface area contributed by atoms with E-state index in [2.05, 4.69) is 18.2 Å². The number of fused-ring (bicyclic) bond motifs is 2. The lowest BCUT2D eigenvalue weighted by molar-refractivity contribution is 0.518. The van der Waals surface area contributed by atoms with Crippen molar-refractivity contribution in [3.05, 3.63) is 81.8 Å². The Labute approximate surface area is 131 Å². The summed E-state index contributed by atoms with van der Waals surface area (Å²) in [5.41, 5.74) is 2.35. The molecule has 0 aliphatic rings. The predicted octanol–water partition coefficient (Wildman–Crippen LogP) is 4.45. The Morgan fingerprint density at radius 2 is 1.82 bits per heavy atom. The van der Waals surface area contributed by atoms with Gasteiger partial charge in [0.2, 0.25) is 0 Å². The van der Waals surface area contributed by atoms with E-state index in [0.29, 0.717) is 17.2 Å². The summed E-state index contributed by atoms with van der Waals surface area (Å²) < 4.78 is 6.92. The Bertz CT molecular complexity index is 1040. The van der Waals surface area contributed by atoms with E-state index in [1.165, 1.54) is 0 Å². The minimum atomic E-state index is -0.370. The van der Waals surface area contributed by atoms with E-state index in [-0.39, 0.29) is 5.76 Å². The SMILES string of the molecule is O=c1oc2cc(Cl)ccc2n1Cc1cccc2ccccc12. The maximum absolute atomic E-state index is 12.1. The quantitative estimate of drug-likeness (QED) is 0.548. The fraction of sp³-hybridized carbons (Fsp3) is 0.0556. The van der Waals surface area contributed by atoms with Crippen molar-refractivity contribution in [2.75, 3.05) is 0 Å². The molecule has 0 aliphatic carbocycles. The van der Waals surface area contributed by atoms with E-state index in [0.717, 1.165) is 21.9 Å². The highest BCUT2D eigenvalue weighted by molar-refractivity contribution is 6.31. The first kappa shape index (κ1) is 13.2. The zero-order chi connectivity index (χ0) is 15.1. The van der Waals surface area contributed by atoms with Crippen LogP contribution in [-0.4, -0.2) is 4.57 Å². The molecule has 0 atom stereocenters. The number of aromatic nitrogens is 1. The molecule has 22 heavy (non-hydrogen) atoms. The monoisotopic (exact) mass is 309 g/mol. The Balaban J connectivity index is 1.90. The second-order valence-corrected chi connectivity index (χ2v) is 5.64. The minimum Gasteiger partial charge on any atom is -0.408 e. The lowest BCUT2D eigenvalue weighted by Crippen LogP contribution is -2.15. The van der Waals surface area contributed by atoms with Crippen LogP contribution in [0.3, 0.4) is 0 Å². The average molecular weight is 310 g/mol. The molecule has 1 aromatic heterocycles. The smallest absolute Gasteiger partial charge is 0.408 e. The van der Waals surface area contributed by atoms with Crippen LogP contribution < -0.4 is 5.76 Å². The van der Waals surface area contributed by atoms with Crippen LogP contribution >= 0.6 is 11.6 Å². The van der Waals surface area contributed by atoms with Crippen molar-refractivity contribution in [1.29, 1.82) is 0 Å². The Hall–Kier alpha value is -2.52. The van der Waals surface area contributed by atoms with Gasteiger partial charge >= 0.3 is 5.76 Å². The van der Waals surface area contributed by atoms with Gasteiger partial charge in [0.05, 0.1) is 12.1 Å². The maximum atomic E-state index is 12.1. The highest BCUT2D eigenvalue weighted by Gasteiger charge is 2.11. The van der Waals surface area contributed by atoms with Gasteiger partial charge in [-0.3, -0.25) is 4.57 Å². The summed E-state index contributed by atoms with van der Waals surface area (Å²) >= 11 is 5.95. The first-order chi connectivity index (χ1) is 10.7. The van der Waals surface area contributed by atoms with Gasteiger partial charge < -0.3 is 4.42 Å². The normalized spacial score (nSPS) is 11.3. The first-order valence-corrected chi connectivity index (χ1v) is 7.36. The number of hydrogen-bond acceptors (Lipinski definition) is 2. The van der Waals surface area contributed by atoms with Crippen LogP contribution in [0.2, 0.25) is 5.02 Å². The van der Waals surface area contributed by atoms with Gasteiger partial charge in [0.1, 0.15) is 0 Å². The fourth-order valence-electron chi connectivity index (χ4n) is 2.79. The third-order valence-corrected chi connectivity index (χ3v) is 4.07.